The Kier molecular flexibility index (Phi) is 9.41. The van der Waals surface area contributed by atoms with E-state index >= 15 is 4.39 Å². The smallest absolute Gasteiger partial charge is 0.457 e. The molecule has 42 heavy (non-hydrogen) atoms. The van der Waals surface area contributed by atoms with Crippen molar-refractivity contribution in [2.24, 2.45) is 28.6 Å². The Morgan fingerprint density at radius 3 is 2.48 bits per heavy atom. The zero-order valence-corrected chi connectivity index (χ0v) is 25.7. The van der Waals surface area contributed by atoms with Gasteiger partial charge < -0.3 is 19.3 Å². The number of halogens is 1. The zero-order chi connectivity index (χ0) is 30.9. The highest BCUT2D eigenvalue weighted by atomic mass is 19.1. The second-order valence-corrected chi connectivity index (χ2v) is 13.2. The van der Waals surface area contributed by atoms with Gasteiger partial charge in [-0.05, 0) is 63.5 Å². The lowest BCUT2D eigenvalue weighted by atomic mass is 9.44. The Balaban J connectivity index is 1.71. The van der Waals surface area contributed by atoms with Crippen molar-refractivity contribution in [2.45, 2.75) is 116 Å². The summed E-state index contributed by atoms with van der Waals surface area (Å²) in [5, 5.41) is 11.7. The molecule has 0 unspecified atom stereocenters. The summed E-state index contributed by atoms with van der Waals surface area (Å²) in [4.78, 5) is 51.8. The highest BCUT2D eigenvalue weighted by Gasteiger charge is 2.77. The third-order valence-electron chi connectivity index (χ3n) is 10.9. The maximum Gasteiger partial charge on any atom is 0.509 e. The van der Waals surface area contributed by atoms with Gasteiger partial charge in [-0.15, -0.1) is 0 Å². The molecule has 0 spiro atoms. The molecular formula is C33H47FO8. The number of aliphatic hydroxyl groups excluding tert-OH is 1. The number of esters is 1. The van der Waals surface area contributed by atoms with Crippen LogP contribution in [-0.2, 0) is 28.6 Å². The Bertz CT molecular complexity index is 1150. The summed E-state index contributed by atoms with van der Waals surface area (Å²) in [6.45, 7) is 8.84. The van der Waals surface area contributed by atoms with E-state index in [1.165, 1.54) is 12.2 Å². The molecule has 4 rings (SSSR count). The number of ether oxygens (including phenoxy) is 3. The SMILES string of the molecule is CCCCCOC(=O)O[C@]1(C(=O)COC(=O)CCCC)[C@H](C)C[C@H]2[C@@H]3CCC4=CC(=O)C=C[C@]4(C)[C@@]3(F)[C@@H](O)C[C@@]21C. The van der Waals surface area contributed by atoms with Crippen LogP contribution in [0.1, 0.15) is 98.8 Å². The molecule has 0 bridgehead atoms. The van der Waals surface area contributed by atoms with Gasteiger partial charge in [0.15, 0.2) is 23.7 Å². The number of fused-ring (bicyclic) bond motifs is 5. The largest absolute Gasteiger partial charge is 0.509 e. The first-order chi connectivity index (χ1) is 19.8. The minimum Gasteiger partial charge on any atom is -0.457 e. The third kappa shape index (κ3) is 5.03. The number of rotatable bonds is 11. The summed E-state index contributed by atoms with van der Waals surface area (Å²) >= 11 is 0. The molecule has 8 atom stereocenters. The van der Waals surface area contributed by atoms with E-state index in [0.29, 0.717) is 37.7 Å². The van der Waals surface area contributed by atoms with Gasteiger partial charge in [0.2, 0.25) is 5.78 Å². The number of ketones is 2. The minimum atomic E-state index is -2.09. The fourth-order valence-electron chi connectivity index (χ4n) is 8.71. The molecule has 0 heterocycles. The summed E-state index contributed by atoms with van der Waals surface area (Å²) in [6, 6.07) is 0. The van der Waals surface area contributed by atoms with Crippen molar-refractivity contribution in [3.05, 3.63) is 23.8 Å². The molecule has 3 saturated carbocycles. The quantitative estimate of drug-likeness (QED) is 0.231. The van der Waals surface area contributed by atoms with Crippen LogP contribution >= 0.6 is 0 Å². The molecule has 9 heteroatoms. The van der Waals surface area contributed by atoms with Crippen LogP contribution < -0.4 is 0 Å². The van der Waals surface area contributed by atoms with Gasteiger partial charge in [0.25, 0.3) is 0 Å². The molecule has 0 amide bonds. The van der Waals surface area contributed by atoms with Crippen molar-refractivity contribution in [2.75, 3.05) is 13.2 Å². The van der Waals surface area contributed by atoms with E-state index < -0.39 is 70.5 Å². The van der Waals surface area contributed by atoms with Gasteiger partial charge in [-0.2, -0.15) is 0 Å². The van der Waals surface area contributed by atoms with Gasteiger partial charge in [0, 0.05) is 29.1 Å². The van der Waals surface area contributed by atoms with Crippen LogP contribution in [0.5, 0.6) is 0 Å². The molecule has 0 aromatic rings. The maximum absolute atomic E-state index is 17.6. The Labute approximate surface area is 248 Å². The lowest BCUT2D eigenvalue weighted by Crippen LogP contribution is -2.70. The number of carbonyl (C=O) groups excluding carboxylic acids is 4. The van der Waals surface area contributed by atoms with Gasteiger partial charge in [-0.1, -0.05) is 58.6 Å². The molecule has 0 aliphatic heterocycles. The molecule has 8 nitrogen and oxygen atoms in total. The predicted octanol–water partition coefficient (Wildman–Crippen LogP) is 5.99. The number of hydrogen-bond acceptors (Lipinski definition) is 8. The molecule has 1 N–H and O–H groups in total. The number of Topliss-reactive ketones (excluding diaryl/α,β-unsaturated/α-hetero) is 1. The fourth-order valence-corrected chi connectivity index (χ4v) is 8.71. The van der Waals surface area contributed by atoms with E-state index in [1.54, 1.807) is 26.8 Å². The van der Waals surface area contributed by atoms with E-state index in [4.69, 9.17) is 14.2 Å². The van der Waals surface area contributed by atoms with E-state index in [9.17, 15) is 24.3 Å². The van der Waals surface area contributed by atoms with Crippen molar-refractivity contribution < 1.29 is 42.9 Å². The lowest BCUT2D eigenvalue weighted by molar-refractivity contribution is -0.222. The number of carbonyl (C=O) groups is 4. The topological polar surface area (TPSA) is 116 Å². The van der Waals surface area contributed by atoms with E-state index in [1.807, 2.05) is 13.8 Å². The summed E-state index contributed by atoms with van der Waals surface area (Å²) in [6.07, 6.45) is 7.02. The van der Waals surface area contributed by atoms with E-state index in [0.717, 1.165) is 19.3 Å². The number of alkyl halides is 1. The van der Waals surface area contributed by atoms with Crippen molar-refractivity contribution in [3.8, 4) is 0 Å². The molecule has 234 valence electrons. The minimum absolute atomic E-state index is 0.134. The molecule has 0 aromatic carbocycles. The molecule has 4 aliphatic carbocycles. The van der Waals surface area contributed by atoms with Crippen molar-refractivity contribution in [1.29, 1.82) is 0 Å². The van der Waals surface area contributed by atoms with Gasteiger partial charge >= 0.3 is 12.1 Å². The number of hydrogen-bond donors (Lipinski definition) is 1. The second kappa shape index (κ2) is 12.2. The monoisotopic (exact) mass is 590 g/mol. The molecule has 0 saturated heterocycles. The first-order valence-corrected chi connectivity index (χ1v) is 15.7. The predicted molar refractivity (Wildman–Crippen MR) is 153 cm³/mol. The zero-order valence-electron chi connectivity index (χ0n) is 25.7. The van der Waals surface area contributed by atoms with Crippen LogP contribution in [0.25, 0.3) is 0 Å². The van der Waals surface area contributed by atoms with E-state index in [-0.39, 0.29) is 25.2 Å². The summed E-state index contributed by atoms with van der Waals surface area (Å²) in [5.41, 5.74) is -5.56. The Morgan fingerprint density at radius 2 is 1.79 bits per heavy atom. The van der Waals surface area contributed by atoms with Crippen LogP contribution in [0.4, 0.5) is 9.18 Å². The lowest BCUT2D eigenvalue weighted by Gasteiger charge is -2.62. The van der Waals surface area contributed by atoms with E-state index in [2.05, 4.69) is 0 Å². The second-order valence-electron chi connectivity index (χ2n) is 13.2. The summed E-state index contributed by atoms with van der Waals surface area (Å²) in [5.74, 6) is -2.95. The Hall–Kier alpha value is -2.55. The molecule has 3 fully saturated rings. The van der Waals surface area contributed by atoms with Crippen molar-refractivity contribution in [1.82, 2.24) is 0 Å². The van der Waals surface area contributed by atoms with Gasteiger partial charge in [-0.3, -0.25) is 14.4 Å². The highest BCUT2D eigenvalue weighted by molar-refractivity contribution is 6.01. The van der Waals surface area contributed by atoms with Crippen molar-refractivity contribution >= 4 is 23.7 Å². The van der Waals surface area contributed by atoms with Crippen LogP contribution in [0, 0.1) is 28.6 Å². The van der Waals surface area contributed by atoms with Crippen LogP contribution in [0.2, 0.25) is 0 Å². The number of unbranched alkanes of at least 4 members (excludes halogenated alkanes) is 3. The van der Waals surface area contributed by atoms with Gasteiger partial charge in [-0.25, -0.2) is 9.18 Å². The van der Waals surface area contributed by atoms with Gasteiger partial charge in [0.05, 0.1) is 12.7 Å². The standard InChI is InChI=1S/C33H47FO8/c1-6-8-10-16-40-29(39)42-33(27(37)20-41-28(38)11-9-7-2)21(3)17-25-24-13-12-22-18-23(35)14-15-30(22,4)32(24,34)26(36)19-31(25,33)5/h14-15,18,21,24-26,36H,6-13,16-17,19-20H2,1-5H3/t21-,24+,25+,26+,30+,31+,32+,33+/m1/s1. The first kappa shape index (κ1) is 32.4. The van der Waals surface area contributed by atoms with Crippen LogP contribution in [0.15, 0.2) is 23.8 Å². The maximum atomic E-state index is 17.6. The molecule has 4 aliphatic rings. The molecular weight excluding hydrogens is 543 g/mol. The first-order valence-electron chi connectivity index (χ1n) is 15.7. The molecule has 0 aromatic heterocycles. The Morgan fingerprint density at radius 1 is 1.07 bits per heavy atom. The fraction of sp³-hybridized carbons (Fsp3) is 0.758. The van der Waals surface area contributed by atoms with Crippen LogP contribution in [0.3, 0.4) is 0 Å². The third-order valence-corrected chi connectivity index (χ3v) is 10.9. The summed E-state index contributed by atoms with van der Waals surface area (Å²) in [7, 11) is 0. The average Bonchev–Trinajstić information content (AvgIpc) is 3.16. The van der Waals surface area contributed by atoms with Crippen LogP contribution in [-0.4, -0.2) is 59.4 Å². The normalized spacial score (nSPS) is 38.5. The highest BCUT2D eigenvalue weighted by Crippen LogP contribution is 2.71. The van der Waals surface area contributed by atoms with Gasteiger partial charge in [0.1, 0.15) is 0 Å². The van der Waals surface area contributed by atoms with Crippen molar-refractivity contribution in [3.63, 3.8) is 0 Å². The summed E-state index contributed by atoms with van der Waals surface area (Å²) < 4.78 is 34.4. The average molecular weight is 591 g/mol. The number of aliphatic hydroxyl groups is 1. The number of allylic oxidation sites excluding steroid dienone is 4. The molecule has 0 radical (unpaired) electrons.